The van der Waals surface area contributed by atoms with E-state index in [0.717, 1.165) is 0 Å². The van der Waals surface area contributed by atoms with Crippen LogP contribution in [-0.2, 0) is 19.1 Å². The van der Waals surface area contributed by atoms with Gasteiger partial charge in [-0.3, -0.25) is 9.59 Å². The van der Waals surface area contributed by atoms with Crippen LogP contribution in [0.3, 0.4) is 0 Å². The molecule has 0 heterocycles. The minimum atomic E-state index is -0.452. The average molecular weight is 253 g/mol. The predicted octanol–water partition coefficient (Wildman–Crippen LogP) is 1.12. The number of alkyl halides is 1. The lowest BCUT2D eigenvalue weighted by atomic mass is 10.1. The first kappa shape index (κ1) is 12.4. The zero-order valence-electron chi connectivity index (χ0n) is 7.87. The molecule has 0 aliphatic carbocycles. The summed E-state index contributed by atoms with van der Waals surface area (Å²) in [6.45, 7) is 1.70. The van der Waals surface area contributed by atoms with Crippen LogP contribution < -0.4 is 0 Å². The minimum Gasteiger partial charge on any atom is -0.469 e. The van der Waals surface area contributed by atoms with Crippen LogP contribution in [0.2, 0.25) is 0 Å². The Morgan fingerprint density at radius 1 is 1.23 bits per heavy atom. The first-order valence-electron chi connectivity index (χ1n) is 3.82. The van der Waals surface area contributed by atoms with E-state index in [1.807, 2.05) is 0 Å². The third-order valence-electron chi connectivity index (χ3n) is 1.62. The average Bonchev–Trinajstić information content (AvgIpc) is 2.14. The number of methoxy groups -OCH3 is 2. The Morgan fingerprint density at radius 2 is 1.69 bits per heavy atom. The van der Waals surface area contributed by atoms with Gasteiger partial charge in [0.25, 0.3) is 0 Å². The van der Waals surface area contributed by atoms with E-state index >= 15 is 0 Å². The monoisotopic (exact) mass is 252 g/mol. The van der Waals surface area contributed by atoms with Crippen LogP contribution in [0.25, 0.3) is 0 Å². The molecule has 0 saturated carbocycles. The highest BCUT2D eigenvalue weighted by Gasteiger charge is 2.22. The van der Waals surface area contributed by atoms with E-state index in [4.69, 9.17) is 0 Å². The maximum absolute atomic E-state index is 11.0. The Morgan fingerprint density at radius 3 is 2.08 bits per heavy atom. The summed E-state index contributed by atoms with van der Waals surface area (Å²) in [7, 11) is 2.62. The smallest absolute Gasteiger partial charge is 0.319 e. The Hall–Kier alpha value is -0.580. The summed E-state index contributed by atoms with van der Waals surface area (Å²) in [6.07, 6.45) is 0.374. The number of carbonyl (C=O) groups is 2. The van der Waals surface area contributed by atoms with Crippen molar-refractivity contribution in [3.63, 3.8) is 0 Å². The molecule has 4 nitrogen and oxygen atoms in total. The zero-order chi connectivity index (χ0) is 10.4. The summed E-state index contributed by atoms with van der Waals surface area (Å²) in [4.78, 5) is 21.4. The molecule has 0 aromatic heterocycles. The van der Waals surface area contributed by atoms with Gasteiger partial charge in [-0.2, -0.15) is 0 Å². The van der Waals surface area contributed by atoms with Gasteiger partial charge >= 0.3 is 11.9 Å². The van der Waals surface area contributed by atoms with E-state index in [2.05, 4.69) is 25.4 Å². The quantitative estimate of drug-likeness (QED) is 0.556. The summed E-state index contributed by atoms with van der Waals surface area (Å²) in [5, 5.41) is 0. The fraction of sp³-hybridized carbons (Fsp3) is 0.750. The number of hydrogen-bond donors (Lipinski definition) is 0. The largest absolute Gasteiger partial charge is 0.469 e. The molecule has 0 spiro atoms. The van der Waals surface area contributed by atoms with Gasteiger partial charge in [0.15, 0.2) is 0 Å². The van der Waals surface area contributed by atoms with Crippen LogP contribution in [0.5, 0.6) is 0 Å². The molecule has 0 saturated heterocycles. The Bertz CT molecular complexity index is 173. The molecule has 0 radical (unpaired) electrons. The number of rotatable bonds is 4. The van der Waals surface area contributed by atoms with Gasteiger partial charge in [0.1, 0.15) is 4.83 Å². The van der Waals surface area contributed by atoms with Gasteiger partial charge in [-0.15, -0.1) is 0 Å². The first-order chi connectivity index (χ1) is 6.02. The van der Waals surface area contributed by atoms with Crippen LogP contribution in [0, 0.1) is 5.92 Å². The van der Waals surface area contributed by atoms with Gasteiger partial charge in [-0.05, 0) is 6.42 Å². The minimum absolute atomic E-state index is 0.312. The van der Waals surface area contributed by atoms with E-state index < -0.39 is 4.83 Å². The Labute approximate surface area is 85.7 Å². The molecular weight excluding hydrogens is 240 g/mol. The summed E-state index contributed by atoms with van der Waals surface area (Å²) >= 11 is 3.12. The van der Waals surface area contributed by atoms with Gasteiger partial charge in [-0.25, -0.2) is 0 Å². The van der Waals surface area contributed by atoms with Crippen LogP contribution in [0.1, 0.15) is 13.3 Å². The summed E-state index contributed by atoms with van der Waals surface area (Å²) in [5.41, 5.74) is 0. The maximum atomic E-state index is 11.0. The van der Waals surface area contributed by atoms with Crippen molar-refractivity contribution in [2.45, 2.75) is 18.2 Å². The van der Waals surface area contributed by atoms with E-state index in [1.165, 1.54) is 14.2 Å². The fourth-order valence-corrected chi connectivity index (χ4v) is 1.58. The summed E-state index contributed by atoms with van der Waals surface area (Å²) < 4.78 is 9.00. The second-order valence-corrected chi connectivity index (χ2v) is 3.76. The molecule has 0 N–H and O–H groups in total. The topological polar surface area (TPSA) is 52.6 Å². The van der Waals surface area contributed by atoms with Crippen LogP contribution in [0.15, 0.2) is 0 Å². The second kappa shape index (κ2) is 5.96. The molecule has 0 aromatic carbocycles. The van der Waals surface area contributed by atoms with Crippen molar-refractivity contribution in [1.29, 1.82) is 0 Å². The van der Waals surface area contributed by atoms with Gasteiger partial charge < -0.3 is 9.47 Å². The number of carbonyl (C=O) groups excluding carboxylic acids is 2. The standard InChI is InChI=1S/C8H13BrO4/c1-5(7(10)12-2)4-6(9)8(11)13-3/h5-6H,4H2,1-3H3. The lowest BCUT2D eigenvalue weighted by Gasteiger charge is -2.11. The molecule has 0 aliphatic rings. The van der Waals surface area contributed by atoms with Crippen molar-refractivity contribution < 1.29 is 19.1 Å². The van der Waals surface area contributed by atoms with Crippen LogP contribution in [-0.4, -0.2) is 31.0 Å². The summed E-state index contributed by atoms with van der Waals surface area (Å²) in [5.74, 6) is -1.02. The first-order valence-corrected chi connectivity index (χ1v) is 4.74. The molecule has 2 atom stereocenters. The lowest BCUT2D eigenvalue weighted by Crippen LogP contribution is -2.23. The lowest BCUT2D eigenvalue weighted by molar-refractivity contribution is -0.145. The van der Waals surface area contributed by atoms with Crippen molar-refractivity contribution in [2.24, 2.45) is 5.92 Å². The number of hydrogen-bond acceptors (Lipinski definition) is 4. The van der Waals surface area contributed by atoms with Crippen molar-refractivity contribution >= 4 is 27.9 Å². The highest BCUT2D eigenvalue weighted by atomic mass is 79.9. The third-order valence-corrected chi connectivity index (χ3v) is 2.37. The van der Waals surface area contributed by atoms with Gasteiger partial charge in [0.2, 0.25) is 0 Å². The van der Waals surface area contributed by atoms with Gasteiger partial charge in [0, 0.05) is 0 Å². The number of halogens is 1. The predicted molar refractivity (Wildman–Crippen MR) is 50.5 cm³/mol. The van der Waals surface area contributed by atoms with Crippen molar-refractivity contribution in [3.05, 3.63) is 0 Å². The van der Waals surface area contributed by atoms with Crippen LogP contribution >= 0.6 is 15.9 Å². The molecule has 0 aliphatic heterocycles. The Balaban J connectivity index is 3.98. The second-order valence-electron chi connectivity index (χ2n) is 2.65. The third kappa shape index (κ3) is 4.26. The van der Waals surface area contributed by atoms with Crippen LogP contribution in [0.4, 0.5) is 0 Å². The molecule has 5 heteroatoms. The zero-order valence-corrected chi connectivity index (χ0v) is 9.46. The van der Waals surface area contributed by atoms with E-state index in [0.29, 0.717) is 6.42 Å². The number of esters is 2. The highest BCUT2D eigenvalue weighted by molar-refractivity contribution is 9.10. The highest BCUT2D eigenvalue weighted by Crippen LogP contribution is 2.15. The van der Waals surface area contributed by atoms with Gasteiger partial charge in [-0.1, -0.05) is 22.9 Å². The van der Waals surface area contributed by atoms with Crippen molar-refractivity contribution in [3.8, 4) is 0 Å². The number of ether oxygens (including phenoxy) is 2. The summed E-state index contributed by atoms with van der Waals surface area (Å²) in [6, 6.07) is 0. The van der Waals surface area contributed by atoms with Crippen molar-refractivity contribution in [2.75, 3.05) is 14.2 Å². The van der Waals surface area contributed by atoms with E-state index in [-0.39, 0.29) is 17.9 Å². The Kier molecular flexibility index (Phi) is 5.70. The maximum Gasteiger partial charge on any atom is 0.319 e. The molecule has 0 fully saturated rings. The van der Waals surface area contributed by atoms with E-state index in [9.17, 15) is 9.59 Å². The molecule has 0 bridgehead atoms. The fourth-order valence-electron chi connectivity index (χ4n) is 0.832. The van der Waals surface area contributed by atoms with Gasteiger partial charge in [0.05, 0.1) is 20.1 Å². The van der Waals surface area contributed by atoms with Crippen molar-refractivity contribution in [1.82, 2.24) is 0 Å². The molecule has 76 valence electrons. The molecule has 0 amide bonds. The molecular formula is C8H13BrO4. The van der Waals surface area contributed by atoms with E-state index in [1.54, 1.807) is 6.92 Å². The molecule has 0 rings (SSSR count). The molecule has 0 aromatic rings. The SMILES string of the molecule is COC(=O)C(C)CC(Br)C(=O)OC. The molecule has 2 unspecified atom stereocenters. The molecule has 13 heavy (non-hydrogen) atoms. The normalized spacial score (nSPS) is 14.5.